The van der Waals surface area contributed by atoms with E-state index < -0.39 is 8.32 Å². The molecule has 2 unspecified atom stereocenters. The van der Waals surface area contributed by atoms with Gasteiger partial charge in [0.2, 0.25) is 8.32 Å². The van der Waals surface area contributed by atoms with Gasteiger partial charge >= 0.3 is 0 Å². The van der Waals surface area contributed by atoms with Crippen LogP contribution in [0.3, 0.4) is 0 Å². The van der Waals surface area contributed by atoms with Crippen molar-refractivity contribution < 1.29 is 19.0 Å². The molecule has 0 bridgehead atoms. The molecule has 7 aromatic rings. The largest absolute Gasteiger partial charge is 0.543 e. The Balaban J connectivity index is 1.44. The van der Waals surface area contributed by atoms with Crippen LogP contribution in [0.1, 0.15) is 99.8 Å². The van der Waals surface area contributed by atoms with Crippen molar-refractivity contribution in [3.63, 3.8) is 0 Å². The first-order valence-electron chi connectivity index (χ1n) is 23.1. The fourth-order valence-corrected chi connectivity index (χ4v) is 9.51. The summed E-state index contributed by atoms with van der Waals surface area (Å²) in [5, 5.41) is 19.5. The summed E-state index contributed by atoms with van der Waals surface area (Å²) in [6.45, 7) is 22.0. The first kappa shape index (κ1) is 44.1. The highest BCUT2D eigenvalue weighted by atomic mass is 28.4. The Kier molecular flexibility index (Phi) is 13.7. The fourth-order valence-electron chi connectivity index (χ4n) is 8.49. The highest BCUT2D eigenvalue weighted by molar-refractivity contribution is 6.74. The molecule has 0 spiro atoms. The van der Waals surface area contributed by atoms with Crippen LogP contribution in [0.15, 0.2) is 109 Å². The van der Waals surface area contributed by atoms with Gasteiger partial charge in [0.05, 0.1) is 13.2 Å². The predicted octanol–water partition coefficient (Wildman–Crippen LogP) is 16.9. The van der Waals surface area contributed by atoms with E-state index >= 15 is 0 Å². The Bertz CT molecular complexity index is 2620. The molecule has 0 heterocycles. The van der Waals surface area contributed by atoms with E-state index in [2.05, 4.69) is 153 Å². The number of aromatic hydroxyl groups is 1. The zero-order valence-electron chi connectivity index (χ0n) is 38.3. The van der Waals surface area contributed by atoms with Gasteiger partial charge in [-0.15, -0.1) is 0 Å². The molecule has 0 aliphatic heterocycles. The van der Waals surface area contributed by atoms with Gasteiger partial charge in [-0.1, -0.05) is 136 Å². The Morgan fingerprint density at radius 1 is 0.508 bits per heavy atom. The average Bonchev–Trinajstić information content (AvgIpc) is 3.24. The van der Waals surface area contributed by atoms with E-state index in [9.17, 15) is 5.11 Å². The first-order chi connectivity index (χ1) is 29.3. The van der Waals surface area contributed by atoms with Gasteiger partial charge in [0.1, 0.15) is 23.0 Å². The van der Waals surface area contributed by atoms with Crippen LogP contribution in [-0.4, -0.2) is 26.6 Å². The Morgan fingerprint density at radius 2 is 0.951 bits per heavy atom. The van der Waals surface area contributed by atoms with Crippen molar-refractivity contribution >= 4 is 51.4 Å². The van der Waals surface area contributed by atoms with Crippen molar-refractivity contribution in [1.82, 2.24) is 0 Å². The van der Waals surface area contributed by atoms with Gasteiger partial charge < -0.3 is 19.0 Å². The summed E-state index contributed by atoms with van der Waals surface area (Å²) in [7, 11) is -2.00. The molecule has 0 aliphatic rings. The summed E-state index contributed by atoms with van der Waals surface area (Å²) in [6, 6.07) is 39.1. The second-order valence-electron chi connectivity index (χ2n) is 19.0. The van der Waals surface area contributed by atoms with E-state index in [0.29, 0.717) is 25.0 Å². The molecule has 0 saturated carbocycles. The summed E-state index contributed by atoms with van der Waals surface area (Å²) >= 11 is 0. The van der Waals surface area contributed by atoms with Gasteiger partial charge in [-0.3, -0.25) is 0 Å². The maximum absolute atomic E-state index is 10.3. The number of benzene rings is 7. The Labute approximate surface area is 366 Å². The maximum atomic E-state index is 10.3. The second kappa shape index (κ2) is 18.9. The van der Waals surface area contributed by atoms with Crippen molar-refractivity contribution in [2.75, 3.05) is 13.2 Å². The van der Waals surface area contributed by atoms with Crippen molar-refractivity contribution in [2.24, 2.45) is 11.8 Å². The molecule has 61 heavy (non-hydrogen) atoms. The third-order valence-corrected chi connectivity index (χ3v) is 17.9. The molecule has 0 aromatic heterocycles. The van der Waals surface area contributed by atoms with Crippen LogP contribution in [-0.2, 0) is 0 Å². The molecule has 0 amide bonds. The smallest absolute Gasteiger partial charge is 0.250 e. The molecule has 7 aromatic carbocycles. The molecule has 0 saturated heterocycles. The van der Waals surface area contributed by atoms with Gasteiger partial charge in [-0.25, -0.2) is 0 Å². The minimum absolute atomic E-state index is 0.114. The summed E-state index contributed by atoms with van der Waals surface area (Å²) in [5.41, 5.74) is 4.64. The Hall–Kier alpha value is -5.00. The highest BCUT2D eigenvalue weighted by Gasteiger charge is 2.39. The lowest BCUT2D eigenvalue weighted by Gasteiger charge is -2.36. The third kappa shape index (κ3) is 9.89. The van der Waals surface area contributed by atoms with Crippen LogP contribution < -0.4 is 13.9 Å². The van der Waals surface area contributed by atoms with E-state index in [0.717, 1.165) is 68.1 Å². The number of phenolic OH excluding ortho intramolecular Hbond substituents is 1. The average molecular weight is 833 g/mol. The lowest BCUT2D eigenvalue weighted by atomic mass is 9.85. The number of unbranched alkanes of at least 4 members (excludes halogenated alkanes) is 2. The molecule has 320 valence electrons. The highest BCUT2D eigenvalue weighted by Crippen LogP contribution is 2.47. The molecule has 0 radical (unpaired) electrons. The van der Waals surface area contributed by atoms with E-state index in [4.69, 9.17) is 13.9 Å². The molecular weight excluding hydrogens is 765 g/mol. The number of hydrogen-bond donors (Lipinski definition) is 1. The molecule has 7 rings (SSSR count). The summed E-state index contributed by atoms with van der Waals surface area (Å²) in [5.74, 6) is 4.06. The van der Waals surface area contributed by atoms with E-state index in [-0.39, 0.29) is 10.8 Å². The lowest BCUT2D eigenvalue weighted by Crippen LogP contribution is -2.43. The minimum Gasteiger partial charge on any atom is -0.543 e. The lowest BCUT2D eigenvalue weighted by molar-refractivity contribution is 0.233. The first-order valence-corrected chi connectivity index (χ1v) is 26.0. The Morgan fingerprint density at radius 3 is 1.43 bits per heavy atom. The SMILES string of the molecule is CCCCC(CC)COc1ccc2c(-c3ccc4cc(O[Si](C)(C)C(C)(C)C)ccc4c3)c3cc(OCC(CC)CCCC)ccc3c(-c3ccc4cc(O)ccc4c3)c2c1. The predicted molar refractivity (Wildman–Crippen MR) is 264 cm³/mol. The zero-order chi connectivity index (χ0) is 43.3. The van der Waals surface area contributed by atoms with Gasteiger partial charge in [0.15, 0.2) is 0 Å². The normalized spacial score (nSPS) is 13.3. The number of rotatable bonds is 18. The second-order valence-corrected chi connectivity index (χ2v) is 23.7. The van der Waals surface area contributed by atoms with Crippen LogP contribution in [0, 0.1) is 11.8 Å². The molecule has 4 nitrogen and oxygen atoms in total. The molecular formula is C56H68O4Si. The fraction of sp³-hybridized carbons (Fsp3) is 0.393. The standard InChI is InChI=1S/C56H68O4Si/c1-10-14-16-38(12-3)36-58-47-27-29-51-52(34-47)54(44-20-18-42-32-46(57)24-22-40(42)30-44)50-28-26-48(59-37-39(13-4)17-15-11-2)35-53(50)55(51)45-21-19-43-33-49(25-23-41(43)31-45)60-61(8,9)56(5,6)7/h18-35,38-39,57H,10-17,36-37H2,1-9H3. The molecule has 0 fully saturated rings. The van der Waals surface area contributed by atoms with Gasteiger partial charge in [-0.2, -0.15) is 0 Å². The monoisotopic (exact) mass is 832 g/mol. The number of ether oxygens (including phenoxy) is 2. The minimum atomic E-state index is -2.00. The van der Waals surface area contributed by atoms with Crippen LogP contribution in [0.4, 0.5) is 0 Å². The molecule has 5 heteroatoms. The third-order valence-electron chi connectivity index (χ3n) is 13.5. The summed E-state index contributed by atoms with van der Waals surface area (Å²) < 4.78 is 20.1. The number of hydrogen-bond acceptors (Lipinski definition) is 4. The van der Waals surface area contributed by atoms with Crippen LogP contribution in [0.25, 0.3) is 65.3 Å². The number of phenols is 1. The van der Waals surface area contributed by atoms with Crippen molar-refractivity contribution in [1.29, 1.82) is 0 Å². The van der Waals surface area contributed by atoms with Gasteiger partial charge in [0, 0.05) is 0 Å². The number of fused-ring (bicyclic) bond motifs is 4. The zero-order valence-corrected chi connectivity index (χ0v) is 39.3. The van der Waals surface area contributed by atoms with Crippen molar-refractivity contribution in [3.8, 4) is 45.3 Å². The quantitative estimate of drug-likeness (QED) is 0.0691. The van der Waals surface area contributed by atoms with Crippen molar-refractivity contribution in [2.45, 2.75) is 118 Å². The summed E-state index contributed by atoms with van der Waals surface area (Å²) in [6.07, 6.45) is 9.41. The molecule has 0 aliphatic carbocycles. The van der Waals surface area contributed by atoms with Gasteiger partial charge in [-0.05, 0) is 169 Å². The topological polar surface area (TPSA) is 47.9 Å². The van der Waals surface area contributed by atoms with Crippen LogP contribution in [0.2, 0.25) is 18.1 Å². The van der Waals surface area contributed by atoms with Gasteiger partial charge in [0.25, 0.3) is 0 Å². The van der Waals surface area contributed by atoms with Crippen LogP contribution in [0.5, 0.6) is 23.0 Å². The van der Waals surface area contributed by atoms with Crippen LogP contribution >= 0.6 is 0 Å². The summed E-state index contributed by atoms with van der Waals surface area (Å²) in [4.78, 5) is 0. The van der Waals surface area contributed by atoms with E-state index in [1.165, 1.54) is 65.8 Å². The van der Waals surface area contributed by atoms with E-state index in [1.807, 2.05) is 12.1 Å². The van der Waals surface area contributed by atoms with E-state index in [1.54, 1.807) is 6.07 Å². The maximum Gasteiger partial charge on any atom is 0.250 e. The molecule has 1 N–H and O–H groups in total. The van der Waals surface area contributed by atoms with Crippen molar-refractivity contribution in [3.05, 3.63) is 109 Å². The molecule has 2 atom stereocenters.